The number of carbonyl (C=O) groups excluding carboxylic acids is 3. The average Bonchev–Trinajstić information content (AvgIpc) is 3.20. The number of nitrogens with one attached hydrogen (secondary N) is 2. The van der Waals surface area contributed by atoms with Crippen molar-refractivity contribution < 1.29 is 23.9 Å². The summed E-state index contributed by atoms with van der Waals surface area (Å²) < 4.78 is 10.7. The summed E-state index contributed by atoms with van der Waals surface area (Å²) in [6.07, 6.45) is 0.268. The van der Waals surface area contributed by atoms with Crippen molar-refractivity contribution in [2.45, 2.75) is 25.8 Å². The van der Waals surface area contributed by atoms with E-state index >= 15 is 0 Å². The van der Waals surface area contributed by atoms with Gasteiger partial charge in [-0.25, -0.2) is 4.79 Å². The molecule has 0 bridgehead atoms. The van der Waals surface area contributed by atoms with Gasteiger partial charge in [0.25, 0.3) is 5.91 Å². The second kappa shape index (κ2) is 7.12. The lowest BCUT2D eigenvalue weighted by atomic mass is 9.92. The van der Waals surface area contributed by atoms with Crippen molar-refractivity contribution in [3.05, 3.63) is 53.6 Å². The lowest BCUT2D eigenvalue weighted by Gasteiger charge is -2.22. The molecule has 0 spiro atoms. The van der Waals surface area contributed by atoms with E-state index in [-0.39, 0.29) is 19.8 Å². The van der Waals surface area contributed by atoms with Gasteiger partial charge >= 0.3 is 6.03 Å². The lowest BCUT2D eigenvalue weighted by Crippen LogP contribution is -2.46. The highest BCUT2D eigenvalue weighted by Gasteiger charge is 2.48. The molecule has 0 aromatic heterocycles. The molecule has 2 heterocycles. The van der Waals surface area contributed by atoms with Crippen molar-refractivity contribution in [2.24, 2.45) is 0 Å². The maximum atomic E-state index is 12.9. The maximum absolute atomic E-state index is 12.9. The molecular weight excluding hydrogens is 374 g/mol. The second-order valence-corrected chi connectivity index (χ2v) is 7.44. The third kappa shape index (κ3) is 3.73. The number of hydrogen-bond acceptors (Lipinski definition) is 5. The van der Waals surface area contributed by atoms with Crippen LogP contribution in [0.5, 0.6) is 11.5 Å². The van der Waals surface area contributed by atoms with Crippen LogP contribution in [0, 0.1) is 6.92 Å². The Morgan fingerprint density at radius 3 is 2.76 bits per heavy atom. The number of carbonyl (C=O) groups is 3. The number of benzene rings is 2. The van der Waals surface area contributed by atoms with Crippen molar-refractivity contribution in [1.29, 1.82) is 0 Å². The molecule has 1 atom stereocenters. The minimum Gasteiger partial charge on any atom is -0.454 e. The van der Waals surface area contributed by atoms with Gasteiger partial charge in [0.1, 0.15) is 12.1 Å². The zero-order valence-electron chi connectivity index (χ0n) is 16.2. The van der Waals surface area contributed by atoms with E-state index in [1.807, 2.05) is 31.2 Å². The first kappa shape index (κ1) is 18.8. The van der Waals surface area contributed by atoms with Crippen molar-refractivity contribution in [3.8, 4) is 11.5 Å². The van der Waals surface area contributed by atoms with Gasteiger partial charge in [0.05, 0.1) is 0 Å². The molecule has 0 saturated carbocycles. The van der Waals surface area contributed by atoms with Gasteiger partial charge < -0.3 is 20.1 Å². The smallest absolute Gasteiger partial charge is 0.325 e. The summed E-state index contributed by atoms with van der Waals surface area (Å²) in [6.45, 7) is 3.37. The van der Waals surface area contributed by atoms with Crippen LogP contribution in [-0.4, -0.2) is 41.6 Å². The molecule has 4 amide bonds. The number of urea groups is 1. The van der Waals surface area contributed by atoms with Gasteiger partial charge in [0.15, 0.2) is 11.5 Å². The van der Waals surface area contributed by atoms with Crippen molar-refractivity contribution in [3.63, 3.8) is 0 Å². The zero-order chi connectivity index (χ0) is 20.6. The quantitative estimate of drug-likeness (QED) is 0.757. The van der Waals surface area contributed by atoms with Crippen LogP contribution < -0.4 is 20.1 Å². The third-order valence-electron chi connectivity index (χ3n) is 4.94. The van der Waals surface area contributed by atoms with Gasteiger partial charge in [-0.1, -0.05) is 18.2 Å². The summed E-state index contributed by atoms with van der Waals surface area (Å²) in [5.74, 6) is 0.374. The molecule has 0 unspecified atom stereocenters. The molecule has 29 heavy (non-hydrogen) atoms. The molecule has 8 heteroatoms. The van der Waals surface area contributed by atoms with Gasteiger partial charge in [0, 0.05) is 12.1 Å². The number of anilines is 1. The largest absolute Gasteiger partial charge is 0.454 e. The Morgan fingerprint density at radius 1 is 1.17 bits per heavy atom. The number of amides is 4. The first-order valence-electron chi connectivity index (χ1n) is 9.23. The monoisotopic (exact) mass is 395 g/mol. The Labute approximate surface area is 167 Å². The fourth-order valence-corrected chi connectivity index (χ4v) is 3.54. The molecule has 0 radical (unpaired) electrons. The first-order valence-corrected chi connectivity index (χ1v) is 9.23. The molecule has 1 fully saturated rings. The molecule has 0 aliphatic carbocycles. The number of ether oxygens (including phenoxy) is 2. The minimum atomic E-state index is -1.14. The van der Waals surface area contributed by atoms with E-state index in [2.05, 4.69) is 10.6 Å². The Hall–Kier alpha value is -3.55. The third-order valence-corrected chi connectivity index (χ3v) is 4.94. The van der Waals surface area contributed by atoms with E-state index in [9.17, 15) is 14.4 Å². The van der Waals surface area contributed by atoms with Crippen LogP contribution in [-0.2, 0) is 16.0 Å². The Morgan fingerprint density at radius 2 is 1.97 bits per heavy atom. The number of fused-ring (bicyclic) bond motifs is 1. The summed E-state index contributed by atoms with van der Waals surface area (Å²) in [7, 11) is 0. The molecule has 150 valence electrons. The molecule has 4 rings (SSSR count). The molecule has 2 aliphatic rings. The second-order valence-electron chi connectivity index (χ2n) is 7.44. The fraction of sp³-hybridized carbons (Fsp3) is 0.286. The highest BCUT2D eigenvalue weighted by molar-refractivity contribution is 6.10. The van der Waals surface area contributed by atoms with E-state index in [1.54, 1.807) is 25.1 Å². The van der Waals surface area contributed by atoms with E-state index in [4.69, 9.17) is 9.47 Å². The average molecular weight is 395 g/mol. The van der Waals surface area contributed by atoms with Gasteiger partial charge in [-0.3, -0.25) is 14.5 Å². The van der Waals surface area contributed by atoms with E-state index in [1.165, 1.54) is 0 Å². The van der Waals surface area contributed by atoms with E-state index in [0.717, 1.165) is 16.0 Å². The Balaban J connectivity index is 1.44. The van der Waals surface area contributed by atoms with Gasteiger partial charge in [-0.05, 0) is 49.2 Å². The van der Waals surface area contributed by atoms with Crippen molar-refractivity contribution in [2.75, 3.05) is 18.7 Å². The van der Waals surface area contributed by atoms with Crippen LogP contribution >= 0.6 is 0 Å². The van der Waals surface area contributed by atoms with Crippen LogP contribution in [0.15, 0.2) is 42.5 Å². The summed E-state index contributed by atoms with van der Waals surface area (Å²) in [6, 6.07) is 12.1. The van der Waals surface area contributed by atoms with Crippen LogP contribution in [0.1, 0.15) is 18.1 Å². The topological polar surface area (TPSA) is 97.0 Å². The predicted molar refractivity (Wildman–Crippen MR) is 105 cm³/mol. The maximum Gasteiger partial charge on any atom is 0.325 e. The van der Waals surface area contributed by atoms with Crippen LogP contribution in [0.2, 0.25) is 0 Å². The van der Waals surface area contributed by atoms with Crippen LogP contribution in [0.25, 0.3) is 0 Å². The standard InChI is InChI=1S/C21H21N3O5/c1-13-4-3-5-15(8-13)22-18(25)11-24-19(26)21(2,23-20(24)27)10-14-6-7-16-17(9-14)29-12-28-16/h3-9H,10-12H2,1-2H3,(H,22,25)(H,23,27)/t21-/m1/s1. The molecule has 8 nitrogen and oxygen atoms in total. The molecule has 2 aliphatic heterocycles. The van der Waals surface area contributed by atoms with E-state index < -0.39 is 23.4 Å². The molecular formula is C21H21N3O5. The Kier molecular flexibility index (Phi) is 4.62. The number of nitrogens with zero attached hydrogens (tertiary/aromatic N) is 1. The number of hydrogen-bond donors (Lipinski definition) is 2. The Bertz CT molecular complexity index is 1010. The van der Waals surface area contributed by atoms with E-state index in [0.29, 0.717) is 17.2 Å². The molecule has 2 aromatic rings. The number of aryl methyl sites for hydroxylation is 1. The highest BCUT2D eigenvalue weighted by Crippen LogP contribution is 2.34. The highest BCUT2D eigenvalue weighted by atomic mass is 16.7. The lowest BCUT2D eigenvalue weighted by molar-refractivity contribution is -0.133. The summed E-state index contributed by atoms with van der Waals surface area (Å²) in [4.78, 5) is 38.6. The fourth-order valence-electron chi connectivity index (χ4n) is 3.54. The predicted octanol–water partition coefficient (Wildman–Crippen LogP) is 2.22. The van der Waals surface area contributed by atoms with Crippen molar-refractivity contribution >= 4 is 23.5 Å². The normalized spacial score (nSPS) is 20.0. The van der Waals surface area contributed by atoms with Crippen LogP contribution in [0.4, 0.5) is 10.5 Å². The van der Waals surface area contributed by atoms with Gasteiger partial charge in [-0.2, -0.15) is 0 Å². The van der Waals surface area contributed by atoms with Crippen LogP contribution in [0.3, 0.4) is 0 Å². The van der Waals surface area contributed by atoms with Gasteiger partial charge in [-0.15, -0.1) is 0 Å². The number of imide groups is 1. The number of rotatable bonds is 5. The molecule has 2 aromatic carbocycles. The van der Waals surface area contributed by atoms with Crippen molar-refractivity contribution in [1.82, 2.24) is 10.2 Å². The van der Waals surface area contributed by atoms with Gasteiger partial charge in [0.2, 0.25) is 12.7 Å². The summed E-state index contributed by atoms with van der Waals surface area (Å²) in [5.41, 5.74) is 1.28. The molecule has 2 N–H and O–H groups in total. The molecule has 1 saturated heterocycles. The summed E-state index contributed by atoms with van der Waals surface area (Å²) in [5, 5.41) is 5.42. The summed E-state index contributed by atoms with van der Waals surface area (Å²) >= 11 is 0. The minimum absolute atomic E-state index is 0.162. The first-order chi connectivity index (χ1) is 13.8. The zero-order valence-corrected chi connectivity index (χ0v) is 16.2. The SMILES string of the molecule is Cc1cccc(NC(=O)CN2C(=O)N[C@](C)(Cc3ccc4c(c3)OCO4)C2=O)c1.